The third kappa shape index (κ3) is 3.65. The smallest absolute Gasteiger partial charge is 0.240 e. The predicted molar refractivity (Wildman–Crippen MR) is 61.1 cm³/mol. The number of rotatable bonds is 4. The summed E-state index contributed by atoms with van der Waals surface area (Å²) >= 11 is 5.95. The largest absolute Gasteiger partial charge is 0.384 e. The van der Waals surface area contributed by atoms with Crippen molar-refractivity contribution in [2.45, 2.75) is 31.6 Å². The van der Waals surface area contributed by atoms with Gasteiger partial charge < -0.3 is 9.64 Å². The predicted octanol–water partition coefficient (Wildman–Crippen LogP) is 1.89. The summed E-state index contributed by atoms with van der Waals surface area (Å²) in [5.74, 6) is 0.563. The quantitative estimate of drug-likeness (QED) is 0.694. The average molecular weight is 234 g/mol. The molecule has 0 aromatic rings. The Bertz CT molecular complexity index is 209. The van der Waals surface area contributed by atoms with Crippen LogP contribution >= 0.6 is 11.6 Å². The molecular formula is C11H20ClNO2. The van der Waals surface area contributed by atoms with Gasteiger partial charge in [-0.3, -0.25) is 4.79 Å². The highest BCUT2D eigenvalue weighted by Gasteiger charge is 2.26. The third-order valence-electron chi connectivity index (χ3n) is 2.86. The van der Waals surface area contributed by atoms with Crippen molar-refractivity contribution in [1.82, 2.24) is 4.90 Å². The average Bonchev–Trinajstić information content (AvgIpc) is 2.28. The van der Waals surface area contributed by atoms with E-state index in [1.54, 1.807) is 7.11 Å². The lowest BCUT2D eigenvalue weighted by molar-refractivity contribution is -0.133. The fourth-order valence-corrected chi connectivity index (χ4v) is 2.15. The van der Waals surface area contributed by atoms with Crippen LogP contribution in [0.1, 0.15) is 26.2 Å². The van der Waals surface area contributed by atoms with Crippen LogP contribution in [0.25, 0.3) is 0 Å². The summed E-state index contributed by atoms with van der Waals surface area (Å²) in [6, 6.07) is 0. The number of hydrogen-bond acceptors (Lipinski definition) is 2. The zero-order valence-corrected chi connectivity index (χ0v) is 10.3. The molecule has 0 bridgehead atoms. The second-order valence-electron chi connectivity index (χ2n) is 4.12. The van der Waals surface area contributed by atoms with Crippen molar-refractivity contribution in [1.29, 1.82) is 0 Å². The van der Waals surface area contributed by atoms with Crippen molar-refractivity contribution >= 4 is 17.5 Å². The van der Waals surface area contributed by atoms with E-state index < -0.39 is 0 Å². The van der Waals surface area contributed by atoms with E-state index in [1.807, 2.05) is 11.8 Å². The summed E-state index contributed by atoms with van der Waals surface area (Å²) in [6.45, 7) is 4.33. The Hall–Kier alpha value is -0.280. The van der Waals surface area contributed by atoms with Gasteiger partial charge in [0.15, 0.2) is 0 Å². The van der Waals surface area contributed by atoms with E-state index in [1.165, 1.54) is 0 Å². The van der Waals surface area contributed by atoms with Gasteiger partial charge in [-0.25, -0.2) is 0 Å². The molecule has 3 nitrogen and oxygen atoms in total. The molecule has 4 heteroatoms. The Morgan fingerprint density at radius 1 is 1.67 bits per heavy atom. The van der Waals surface area contributed by atoms with Gasteiger partial charge in [-0.05, 0) is 25.2 Å². The van der Waals surface area contributed by atoms with Gasteiger partial charge in [-0.1, -0.05) is 6.92 Å². The van der Waals surface area contributed by atoms with Crippen LogP contribution in [-0.2, 0) is 9.53 Å². The van der Waals surface area contributed by atoms with E-state index in [-0.39, 0.29) is 11.3 Å². The number of ether oxygens (including phenoxy) is 1. The van der Waals surface area contributed by atoms with Gasteiger partial charge in [-0.2, -0.15) is 0 Å². The van der Waals surface area contributed by atoms with Crippen LogP contribution in [0.4, 0.5) is 0 Å². The molecule has 88 valence electrons. The Balaban J connectivity index is 2.44. The molecule has 1 saturated heterocycles. The number of halogens is 1. The molecule has 1 rings (SSSR count). The summed E-state index contributed by atoms with van der Waals surface area (Å²) in [6.07, 6.45) is 2.91. The highest BCUT2D eigenvalue weighted by molar-refractivity contribution is 6.30. The van der Waals surface area contributed by atoms with E-state index >= 15 is 0 Å². The molecule has 2 atom stereocenters. The number of amides is 1. The molecule has 1 aliphatic heterocycles. The summed E-state index contributed by atoms with van der Waals surface area (Å²) in [7, 11) is 1.71. The van der Waals surface area contributed by atoms with Gasteiger partial charge in [0.25, 0.3) is 0 Å². The number of alkyl halides is 1. The van der Waals surface area contributed by atoms with Gasteiger partial charge in [0.1, 0.15) is 5.38 Å². The van der Waals surface area contributed by atoms with E-state index in [0.717, 1.165) is 32.5 Å². The first-order valence-corrected chi connectivity index (χ1v) is 6.04. The summed E-state index contributed by atoms with van der Waals surface area (Å²) in [4.78, 5) is 13.7. The van der Waals surface area contributed by atoms with Crippen molar-refractivity contribution in [3.63, 3.8) is 0 Å². The molecule has 1 fully saturated rings. The van der Waals surface area contributed by atoms with E-state index in [2.05, 4.69) is 0 Å². The highest BCUT2D eigenvalue weighted by atomic mass is 35.5. The van der Waals surface area contributed by atoms with Crippen LogP contribution < -0.4 is 0 Å². The number of carbonyl (C=O) groups is 1. The molecule has 0 saturated carbocycles. The second kappa shape index (κ2) is 6.33. The molecule has 1 amide bonds. The van der Waals surface area contributed by atoms with Gasteiger partial charge in [0, 0.05) is 20.2 Å². The Kier molecular flexibility index (Phi) is 5.40. The molecule has 0 aromatic heterocycles. The summed E-state index contributed by atoms with van der Waals surface area (Å²) in [5.41, 5.74) is 0. The molecule has 0 aromatic carbocycles. The molecular weight excluding hydrogens is 214 g/mol. The molecule has 1 aliphatic rings. The Labute approximate surface area is 96.7 Å². The standard InChI is InChI=1S/C11H20ClNO2/c1-3-10(12)11(14)13-6-4-5-9(7-13)8-15-2/h9-10H,3-8H2,1-2H3/t9-,10-/m0/s1. The van der Waals surface area contributed by atoms with Gasteiger partial charge >= 0.3 is 0 Å². The first-order chi connectivity index (χ1) is 7.19. The number of nitrogens with zero attached hydrogens (tertiary/aromatic N) is 1. The lowest BCUT2D eigenvalue weighted by Crippen LogP contribution is -2.44. The fraction of sp³-hybridized carbons (Fsp3) is 0.909. The van der Waals surface area contributed by atoms with Crippen molar-refractivity contribution in [3.05, 3.63) is 0 Å². The normalized spacial score (nSPS) is 23.9. The molecule has 0 N–H and O–H groups in total. The number of likely N-dealkylation sites (tertiary alicyclic amines) is 1. The molecule has 0 spiro atoms. The zero-order valence-electron chi connectivity index (χ0n) is 9.54. The highest BCUT2D eigenvalue weighted by Crippen LogP contribution is 2.19. The maximum absolute atomic E-state index is 11.8. The van der Waals surface area contributed by atoms with Gasteiger partial charge in [-0.15, -0.1) is 11.6 Å². The Morgan fingerprint density at radius 2 is 2.40 bits per heavy atom. The lowest BCUT2D eigenvalue weighted by Gasteiger charge is -2.33. The zero-order chi connectivity index (χ0) is 11.3. The van der Waals surface area contributed by atoms with Crippen molar-refractivity contribution in [3.8, 4) is 0 Å². The molecule has 1 heterocycles. The fourth-order valence-electron chi connectivity index (χ4n) is 2.01. The first kappa shape index (κ1) is 12.8. The monoisotopic (exact) mass is 233 g/mol. The first-order valence-electron chi connectivity index (χ1n) is 5.60. The van der Waals surface area contributed by atoms with Crippen LogP contribution in [0.15, 0.2) is 0 Å². The SMILES string of the molecule is CC[C@H](Cl)C(=O)N1CCC[C@H](COC)C1. The summed E-state index contributed by atoms with van der Waals surface area (Å²) < 4.78 is 5.13. The number of hydrogen-bond donors (Lipinski definition) is 0. The van der Waals surface area contributed by atoms with Crippen LogP contribution in [0.3, 0.4) is 0 Å². The summed E-state index contributed by atoms with van der Waals surface area (Å²) in [5, 5.41) is -0.355. The topological polar surface area (TPSA) is 29.5 Å². The second-order valence-corrected chi connectivity index (χ2v) is 4.65. The number of methoxy groups -OCH3 is 1. The van der Waals surface area contributed by atoms with Gasteiger partial charge in [0.05, 0.1) is 6.61 Å². The lowest BCUT2D eigenvalue weighted by atomic mass is 9.98. The number of carbonyl (C=O) groups excluding carboxylic acids is 1. The maximum Gasteiger partial charge on any atom is 0.240 e. The molecule has 0 unspecified atom stereocenters. The maximum atomic E-state index is 11.8. The van der Waals surface area contributed by atoms with Crippen molar-refractivity contribution < 1.29 is 9.53 Å². The molecule has 0 aliphatic carbocycles. The Morgan fingerprint density at radius 3 is 3.00 bits per heavy atom. The van der Waals surface area contributed by atoms with E-state index in [0.29, 0.717) is 12.3 Å². The van der Waals surface area contributed by atoms with E-state index in [4.69, 9.17) is 16.3 Å². The number of piperidine rings is 1. The van der Waals surface area contributed by atoms with Crippen molar-refractivity contribution in [2.75, 3.05) is 26.8 Å². The third-order valence-corrected chi connectivity index (χ3v) is 3.35. The van der Waals surface area contributed by atoms with Crippen LogP contribution in [0.2, 0.25) is 0 Å². The van der Waals surface area contributed by atoms with Crippen LogP contribution in [-0.4, -0.2) is 43.0 Å². The van der Waals surface area contributed by atoms with Gasteiger partial charge in [0.2, 0.25) is 5.91 Å². The minimum Gasteiger partial charge on any atom is -0.384 e. The van der Waals surface area contributed by atoms with Crippen LogP contribution in [0.5, 0.6) is 0 Å². The van der Waals surface area contributed by atoms with E-state index in [9.17, 15) is 4.79 Å². The van der Waals surface area contributed by atoms with Crippen LogP contribution in [0, 0.1) is 5.92 Å². The van der Waals surface area contributed by atoms with Crippen molar-refractivity contribution in [2.24, 2.45) is 5.92 Å². The molecule has 15 heavy (non-hydrogen) atoms. The molecule has 0 radical (unpaired) electrons. The minimum atomic E-state index is -0.355. The minimum absolute atomic E-state index is 0.0833.